The Morgan fingerprint density at radius 1 is 1.24 bits per heavy atom. The predicted molar refractivity (Wildman–Crippen MR) is 99.4 cm³/mol. The maximum atomic E-state index is 12.3. The number of anilines is 1. The number of thioether (sulfide) groups is 1. The molecule has 3 rings (SSSR count). The zero-order chi connectivity index (χ0) is 17.8. The summed E-state index contributed by atoms with van der Waals surface area (Å²) in [7, 11) is 0. The number of halogens is 1. The first-order chi connectivity index (χ1) is 12.0. The molecule has 8 heteroatoms. The lowest BCUT2D eigenvalue weighted by Gasteiger charge is -2.11. The smallest absolute Gasteiger partial charge is 0.234 e. The van der Waals surface area contributed by atoms with Gasteiger partial charge in [0.25, 0.3) is 0 Å². The van der Waals surface area contributed by atoms with Gasteiger partial charge in [0.05, 0.1) is 22.2 Å². The van der Waals surface area contributed by atoms with Crippen molar-refractivity contribution >= 4 is 35.0 Å². The van der Waals surface area contributed by atoms with E-state index in [1.807, 2.05) is 56.3 Å². The van der Waals surface area contributed by atoms with Crippen LogP contribution in [0.15, 0.2) is 47.6 Å². The molecule has 0 spiro atoms. The number of hydrogen-bond donors (Lipinski definition) is 1. The largest absolute Gasteiger partial charge is 0.324 e. The standard InChI is InChI=1S/C17H16ClN5OS/c1-11-8-12(2)16(14(18)9-11)19-15(24)10-25-17-20-21-22-23(17)13-6-4-3-5-7-13/h3-9H,10H2,1-2H3,(H,19,24). The molecule has 1 heterocycles. The summed E-state index contributed by atoms with van der Waals surface area (Å²) in [6.07, 6.45) is 0. The Bertz CT molecular complexity index is 874. The zero-order valence-electron chi connectivity index (χ0n) is 13.7. The van der Waals surface area contributed by atoms with Gasteiger partial charge in [0.1, 0.15) is 0 Å². The molecule has 0 bridgehead atoms. The molecule has 3 aromatic rings. The number of aryl methyl sites for hydroxylation is 2. The van der Waals surface area contributed by atoms with Gasteiger partial charge in [-0.2, -0.15) is 4.68 Å². The van der Waals surface area contributed by atoms with Gasteiger partial charge in [0.15, 0.2) is 0 Å². The highest BCUT2D eigenvalue weighted by Gasteiger charge is 2.13. The summed E-state index contributed by atoms with van der Waals surface area (Å²) in [5, 5.41) is 15.6. The molecular weight excluding hydrogens is 358 g/mol. The van der Waals surface area contributed by atoms with Crippen molar-refractivity contribution in [1.29, 1.82) is 0 Å². The molecule has 128 valence electrons. The van der Waals surface area contributed by atoms with E-state index in [9.17, 15) is 4.79 Å². The van der Waals surface area contributed by atoms with E-state index in [0.717, 1.165) is 16.8 Å². The highest BCUT2D eigenvalue weighted by molar-refractivity contribution is 7.99. The summed E-state index contributed by atoms with van der Waals surface area (Å²) >= 11 is 7.49. The maximum absolute atomic E-state index is 12.3. The number of para-hydroxylation sites is 1. The average Bonchev–Trinajstić information content (AvgIpc) is 3.05. The second kappa shape index (κ2) is 7.67. The van der Waals surface area contributed by atoms with Crippen LogP contribution in [0.3, 0.4) is 0 Å². The lowest BCUT2D eigenvalue weighted by molar-refractivity contribution is -0.113. The molecule has 0 radical (unpaired) electrons. The van der Waals surface area contributed by atoms with Gasteiger partial charge in [0.2, 0.25) is 11.1 Å². The molecule has 0 saturated carbocycles. The fourth-order valence-corrected chi connectivity index (χ4v) is 3.44. The van der Waals surface area contributed by atoms with Crippen LogP contribution in [0.1, 0.15) is 11.1 Å². The molecule has 6 nitrogen and oxygen atoms in total. The molecule has 0 saturated heterocycles. The van der Waals surface area contributed by atoms with Gasteiger partial charge < -0.3 is 5.32 Å². The minimum absolute atomic E-state index is 0.165. The number of amides is 1. The number of tetrazole rings is 1. The second-order valence-electron chi connectivity index (χ2n) is 5.48. The highest BCUT2D eigenvalue weighted by atomic mass is 35.5. The minimum Gasteiger partial charge on any atom is -0.324 e. The SMILES string of the molecule is Cc1cc(C)c(NC(=O)CSc2nnnn2-c2ccccc2)c(Cl)c1. The summed E-state index contributed by atoms with van der Waals surface area (Å²) in [6, 6.07) is 13.3. The molecule has 0 atom stereocenters. The lowest BCUT2D eigenvalue weighted by atomic mass is 10.1. The van der Waals surface area contributed by atoms with Crippen LogP contribution >= 0.6 is 23.4 Å². The average molecular weight is 374 g/mol. The number of nitrogens with zero attached hydrogens (tertiary/aromatic N) is 4. The summed E-state index contributed by atoms with van der Waals surface area (Å²) < 4.78 is 1.60. The van der Waals surface area contributed by atoms with Gasteiger partial charge in [-0.15, -0.1) is 5.10 Å². The number of aromatic nitrogens is 4. The van der Waals surface area contributed by atoms with Crippen molar-refractivity contribution in [2.45, 2.75) is 19.0 Å². The van der Waals surface area contributed by atoms with Gasteiger partial charge in [0, 0.05) is 0 Å². The topological polar surface area (TPSA) is 72.7 Å². The zero-order valence-corrected chi connectivity index (χ0v) is 15.3. The molecular formula is C17H16ClN5OS. The van der Waals surface area contributed by atoms with Gasteiger partial charge in [-0.25, -0.2) is 0 Å². The van der Waals surface area contributed by atoms with Crippen LogP contribution in [0.2, 0.25) is 5.02 Å². The quantitative estimate of drug-likeness (QED) is 0.691. The van der Waals surface area contributed by atoms with Crippen molar-refractivity contribution in [3.05, 3.63) is 58.6 Å². The Labute approximate surface area is 154 Å². The van der Waals surface area contributed by atoms with E-state index < -0.39 is 0 Å². The van der Waals surface area contributed by atoms with E-state index in [0.29, 0.717) is 15.9 Å². The summed E-state index contributed by atoms with van der Waals surface area (Å²) in [6.45, 7) is 3.88. The Morgan fingerprint density at radius 3 is 2.72 bits per heavy atom. The molecule has 0 aliphatic carbocycles. The Kier molecular flexibility index (Phi) is 5.35. The lowest BCUT2D eigenvalue weighted by Crippen LogP contribution is -2.16. The van der Waals surface area contributed by atoms with Crippen molar-refractivity contribution in [3.63, 3.8) is 0 Å². The molecule has 0 aliphatic rings. The molecule has 0 unspecified atom stereocenters. The Morgan fingerprint density at radius 2 is 2.00 bits per heavy atom. The predicted octanol–water partition coefficient (Wildman–Crippen LogP) is 3.66. The molecule has 1 amide bonds. The van der Waals surface area contributed by atoms with E-state index >= 15 is 0 Å². The maximum Gasteiger partial charge on any atom is 0.234 e. The first-order valence-corrected chi connectivity index (χ1v) is 8.94. The summed E-state index contributed by atoms with van der Waals surface area (Å²) in [5.74, 6) is 0.0121. The molecule has 25 heavy (non-hydrogen) atoms. The molecule has 1 aromatic heterocycles. The number of nitrogens with one attached hydrogen (secondary N) is 1. The van der Waals surface area contributed by atoms with Gasteiger partial charge in [-0.05, 0) is 53.6 Å². The Balaban J connectivity index is 1.67. The van der Waals surface area contributed by atoms with Crippen LogP contribution in [0.5, 0.6) is 0 Å². The Hall–Kier alpha value is -2.38. The number of carbonyl (C=O) groups excluding carboxylic acids is 1. The number of carbonyl (C=O) groups is 1. The van der Waals surface area contributed by atoms with Crippen LogP contribution in [-0.4, -0.2) is 31.9 Å². The monoisotopic (exact) mass is 373 g/mol. The fourth-order valence-electron chi connectivity index (χ4n) is 2.38. The van der Waals surface area contributed by atoms with E-state index in [4.69, 9.17) is 11.6 Å². The first-order valence-electron chi connectivity index (χ1n) is 7.58. The van der Waals surface area contributed by atoms with Gasteiger partial charge in [-0.3, -0.25) is 4.79 Å². The number of rotatable bonds is 5. The van der Waals surface area contributed by atoms with E-state index in [-0.39, 0.29) is 11.7 Å². The molecule has 1 N–H and O–H groups in total. The fraction of sp³-hybridized carbons (Fsp3) is 0.176. The third-order valence-electron chi connectivity index (χ3n) is 3.47. The van der Waals surface area contributed by atoms with Crippen molar-refractivity contribution < 1.29 is 4.79 Å². The first kappa shape index (κ1) is 17.4. The second-order valence-corrected chi connectivity index (χ2v) is 6.83. The van der Waals surface area contributed by atoms with E-state index in [2.05, 4.69) is 20.8 Å². The molecule has 2 aromatic carbocycles. The van der Waals surface area contributed by atoms with Gasteiger partial charge in [-0.1, -0.05) is 47.6 Å². The van der Waals surface area contributed by atoms with E-state index in [1.165, 1.54) is 11.8 Å². The normalized spacial score (nSPS) is 10.7. The van der Waals surface area contributed by atoms with Crippen molar-refractivity contribution in [1.82, 2.24) is 20.2 Å². The minimum atomic E-state index is -0.165. The third kappa shape index (κ3) is 4.18. The van der Waals surface area contributed by atoms with Gasteiger partial charge >= 0.3 is 0 Å². The van der Waals surface area contributed by atoms with Crippen LogP contribution < -0.4 is 5.32 Å². The molecule has 0 aliphatic heterocycles. The highest BCUT2D eigenvalue weighted by Crippen LogP contribution is 2.27. The summed E-state index contributed by atoms with van der Waals surface area (Å²) in [5.41, 5.74) is 3.46. The van der Waals surface area contributed by atoms with Crippen LogP contribution in [-0.2, 0) is 4.79 Å². The third-order valence-corrected chi connectivity index (χ3v) is 4.69. The van der Waals surface area contributed by atoms with Crippen LogP contribution in [0, 0.1) is 13.8 Å². The van der Waals surface area contributed by atoms with Crippen molar-refractivity contribution in [3.8, 4) is 5.69 Å². The molecule has 0 fully saturated rings. The van der Waals surface area contributed by atoms with Crippen LogP contribution in [0.4, 0.5) is 5.69 Å². The van der Waals surface area contributed by atoms with E-state index in [1.54, 1.807) is 4.68 Å². The number of benzene rings is 2. The van der Waals surface area contributed by atoms with Crippen molar-refractivity contribution in [2.75, 3.05) is 11.1 Å². The van der Waals surface area contributed by atoms with Crippen LogP contribution in [0.25, 0.3) is 5.69 Å². The van der Waals surface area contributed by atoms with Crippen molar-refractivity contribution in [2.24, 2.45) is 0 Å². The summed E-state index contributed by atoms with van der Waals surface area (Å²) in [4.78, 5) is 12.3. The number of hydrogen-bond acceptors (Lipinski definition) is 5.